The van der Waals surface area contributed by atoms with Crippen LogP contribution in [0.5, 0.6) is 0 Å². The van der Waals surface area contributed by atoms with Gasteiger partial charge in [0.05, 0.1) is 0 Å². The maximum Gasteiger partial charge on any atom is 0.158 e. The Bertz CT molecular complexity index is 773. The Hall–Kier alpha value is -2.55. The lowest BCUT2D eigenvalue weighted by molar-refractivity contribution is -0.115. The second-order valence-electron chi connectivity index (χ2n) is 6.82. The molecule has 0 saturated carbocycles. The maximum atomic E-state index is 12.0. The summed E-state index contributed by atoms with van der Waals surface area (Å²) in [6, 6.07) is 15.2. The predicted molar refractivity (Wildman–Crippen MR) is 118 cm³/mol. The lowest BCUT2D eigenvalue weighted by Gasteiger charge is -2.21. The molecule has 0 aliphatic heterocycles. The molecule has 0 amide bonds. The molecule has 1 N–H and O–H groups in total. The topological polar surface area (TPSA) is 32.3 Å². The zero-order valence-electron chi connectivity index (χ0n) is 17.1. The standard InChI is InChI=1S/C24H32N2O/c1-6-25-23-15-11-20(17-21(23)12-16-24(27)18(4)5)19-9-13-22(14-10-19)26(7-2)8-3/h9-11,13-15,17,25H,4,6-8,12,16H2,1-3,5H3. The zero-order valence-corrected chi connectivity index (χ0v) is 17.1. The molecule has 27 heavy (non-hydrogen) atoms. The van der Waals surface area contributed by atoms with Gasteiger partial charge in [0.25, 0.3) is 0 Å². The molecule has 0 aliphatic rings. The van der Waals surface area contributed by atoms with Crippen LogP contribution in [0.25, 0.3) is 11.1 Å². The van der Waals surface area contributed by atoms with Gasteiger partial charge in [-0.3, -0.25) is 4.79 Å². The highest BCUT2D eigenvalue weighted by Gasteiger charge is 2.09. The summed E-state index contributed by atoms with van der Waals surface area (Å²) in [6.07, 6.45) is 1.22. The van der Waals surface area contributed by atoms with Crippen molar-refractivity contribution in [2.24, 2.45) is 0 Å². The van der Waals surface area contributed by atoms with Crippen LogP contribution in [0.15, 0.2) is 54.6 Å². The quantitative estimate of drug-likeness (QED) is 0.548. The summed E-state index contributed by atoms with van der Waals surface area (Å²) in [6.45, 7) is 14.9. The molecule has 0 aromatic heterocycles. The number of ketones is 1. The van der Waals surface area contributed by atoms with E-state index in [4.69, 9.17) is 0 Å². The number of benzene rings is 2. The van der Waals surface area contributed by atoms with Crippen molar-refractivity contribution in [1.82, 2.24) is 0 Å². The van der Waals surface area contributed by atoms with Gasteiger partial charge in [-0.2, -0.15) is 0 Å². The first-order valence-electron chi connectivity index (χ1n) is 9.91. The Morgan fingerprint density at radius 1 is 1.00 bits per heavy atom. The van der Waals surface area contributed by atoms with Crippen molar-refractivity contribution in [1.29, 1.82) is 0 Å². The van der Waals surface area contributed by atoms with Gasteiger partial charge < -0.3 is 10.2 Å². The molecular weight excluding hydrogens is 332 g/mol. The van der Waals surface area contributed by atoms with Gasteiger partial charge in [0.1, 0.15) is 0 Å². The first-order valence-corrected chi connectivity index (χ1v) is 9.91. The Morgan fingerprint density at radius 2 is 1.63 bits per heavy atom. The number of aryl methyl sites for hydroxylation is 1. The third kappa shape index (κ3) is 5.46. The number of Topliss-reactive ketones (excluding diaryl/α,β-unsaturated/α-hetero) is 1. The van der Waals surface area contributed by atoms with Crippen LogP contribution in [-0.2, 0) is 11.2 Å². The Labute approximate surface area is 164 Å². The normalized spacial score (nSPS) is 10.5. The van der Waals surface area contributed by atoms with E-state index in [-0.39, 0.29) is 5.78 Å². The summed E-state index contributed by atoms with van der Waals surface area (Å²) >= 11 is 0. The first-order chi connectivity index (χ1) is 13.0. The van der Waals surface area contributed by atoms with Crippen LogP contribution < -0.4 is 10.2 Å². The van der Waals surface area contributed by atoms with E-state index >= 15 is 0 Å². The number of allylic oxidation sites excluding steroid dienone is 1. The molecule has 0 bridgehead atoms. The Balaban J connectivity index is 2.27. The lowest BCUT2D eigenvalue weighted by Crippen LogP contribution is -2.21. The highest BCUT2D eigenvalue weighted by atomic mass is 16.1. The molecule has 3 heteroatoms. The molecule has 0 fully saturated rings. The Kier molecular flexibility index (Phi) is 7.66. The van der Waals surface area contributed by atoms with Crippen LogP contribution in [0.1, 0.15) is 39.7 Å². The number of anilines is 2. The average Bonchev–Trinajstić information content (AvgIpc) is 2.68. The third-order valence-corrected chi connectivity index (χ3v) is 4.90. The molecule has 0 saturated heterocycles. The van der Waals surface area contributed by atoms with E-state index in [1.54, 1.807) is 6.92 Å². The zero-order chi connectivity index (χ0) is 19.8. The molecule has 0 unspecified atom stereocenters. The van der Waals surface area contributed by atoms with E-state index in [9.17, 15) is 4.79 Å². The summed E-state index contributed by atoms with van der Waals surface area (Å²) in [5.41, 5.74) is 6.54. The molecule has 0 heterocycles. The predicted octanol–water partition coefficient (Wildman–Crippen LogP) is 5.71. The van der Waals surface area contributed by atoms with Gasteiger partial charge in [0, 0.05) is 37.4 Å². The smallest absolute Gasteiger partial charge is 0.158 e. The summed E-state index contributed by atoms with van der Waals surface area (Å²) in [5, 5.41) is 3.41. The fraction of sp³-hybridized carbons (Fsp3) is 0.375. The van der Waals surface area contributed by atoms with Gasteiger partial charge in [0.2, 0.25) is 0 Å². The van der Waals surface area contributed by atoms with E-state index in [0.717, 1.165) is 31.7 Å². The van der Waals surface area contributed by atoms with Crippen molar-refractivity contribution >= 4 is 17.2 Å². The number of nitrogens with one attached hydrogen (secondary N) is 1. The molecule has 0 radical (unpaired) electrons. The minimum atomic E-state index is 0.131. The number of hydrogen-bond donors (Lipinski definition) is 1. The van der Waals surface area contributed by atoms with Gasteiger partial charge in [-0.15, -0.1) is 0 Å². The minimum Gasteiger partial charge on any atom is -0.385 e. The van der Waals surface area contributed by atoms with Crippen molar-refractivity contribution in [2.45, 2.75) is 40.5 Å². The molecule has 3 nitrogen and oxygen atoms in total. The number of nitrogens with zero attached hydrogens (tertiary/aromatic N) is 1. The Morgan fingerprint density at radius 3 is 2.19 bits per heavy atom. The highest BCUT2D eigenvalue weighted by molar-refractivity contribution is 5.94. The molecule has 0 spiro atoms. The van der Waals surface area contributed by atoms with Gasteiger partial charge in [-0.05, 0) is 80.6 Å². The number of carbonyl (C=O) groups excluding carboxylic acids is 1. The van der Waals surface area contributed by atoms with E-state index in [0.29, 0.717) is 12.0 Å². The molecule has 0 aliphatic carbocycles. The summed E-state index contributed by atoms with van der Waals surface area (Å²) in [5.74, 6) is 0.131. The molecule has 0 atom stereocenters. The van der Waals surface area contributed by atoms with Crippen LogP contribution in [0.2, 0.25) is 0 Å². The fourth-order valence-corrected chi connectivity index (χ4v) is 3.26. The fourth-order valence-electron chi connectivity index (χ4n) is 3.26. The third-order valence-electron chi connectivity index (χ3n) is 4.90. The van der Waals surface area contributed by atoms with Crippen molar-refractivity contribution < 1.29 is 4.79 Å². The number of carbonyl (C=O) groups is 1. The van der Waals surface area contributed by atoms with Gasteiger partial charge in [-0.1, -0.05) is 24.8 Å². The van der Waals surface area contributed by atoms with Gasteiger partial charge in [0.15, 0.2) is 5.78 Å². The molecule has 2 rings (SSSR count). The van der Waals surface area contributed by atoms with Crippen molar-refractivity contribution in [3.63, 3.8) is 0 Å². The largest absolute Gasteiger partial charge is 0.385 e. The first kappa shape index (κ1) is 20.8. The highest BCUT2D eigenvalue weighted by Crippen LogP contribution is 2.28. The SMILES string of the molecule is C=C(C)C(=O)CCc1cc(-c2ccc(N(CC)CC)cc2)ccc1NCC. The van der Waals surface area contributed by atoms with Crippen LogP contribution in [0, 0.1) is 0 Å². The van der Waals surface area contributed by atoms with Crippen molar-refractivity contribution in [3.05, 3.63) is 60.2 Å². The maximum absolute atomic E-state index is 12.0. The van der Waals surface area contributed by atoms with Gasteiger partial charge >= 0.3 is 0 Å². The molecule has 2 aromatic carbocycles. The monoisotopic (exact) mass is 364 g/mol. The molecular formula is C24H32N2O. The molecule has 2 aromatic rings. The van der Waals surface area contributed by atoms with Crippen molar-refractivity contribution in [3.8, 4) is 11.1 Å². The number of hydrogen-bond acceptors (Lipinski definition) is 3. The van der Waals surface area contributed by atoms with E-state index in [2.05, 4.69) is 80.0 Å². The van der Waals surface area contributed by atoms with Crippen LogP contribution >= 0.6 is 0 Å². The van der Waals surface area contributed by atoms with Gasteiger partial charge in [-0.25, -0.2) is 0 Å². The van der Waals surface area contributed by atoms with Crippen LogP contribution in [0.3, 0.4) is 0 Å². The average molecular weight is 365 g/mol. The second kappa shape index (κ2) is 9.96. The van der Waals surface area contributed by atoms with Crippen LogP contribution in [-0.4, -0.2) is 25.4 Å². The van der Waals surface area contributed by atoms with Crippen LogP contribution in [0.4, 0.5) is 11.4 Å². The minimum absolute atomic E-state index is 0.131. The van der Waals surface area contributed by atoms with Crippen molar-refractivity contribution in [2.75, 3.05) is 29.9 Å². The summed E-state index contributed by atoms with van der Waals surface area (Å²) in [7, 11) is 0. The second-order valence-corrected chi connectivity index (χ2v) is 6.82. The lowest BCUT2D eigenvalue weighted by atomic mass is 9.97. The van der Waals surface area contributed by atoms with E-state index in [1.165, 1.54) is 22.4 Å². The number of rotatable bonds is 10. The summed E-state index contributed by atoms with van der Waals surface area (Å²) < 4.78 is 0. The van der Waals surface area contributed by atoms with E-state index in [1.807, 2.05) is 0 Å². The van der Waals surface area contributed by atoms with E-state index < -0.39 is 0 Å². The molecule has 144 valence electrons. The summed E-state index contributed by atoms with van der Waals surface area (Å²) in [4.78, 5) is 14.3.